The molecule has 0 amide bonds. The first kappa shape index (κ1) is 13.5. The van der Waals surface area contributed by atoms with Crippen LogP contribution in [0.15, 0.2) is 18.2 Å². The first-order valence-electron chi connectivity index (χ1n) is 6.72. The minimum atomic E-state index is -0.462. The van der Waals surface area contributed by atoms with E-state index in [1.54, 1.807) is 0 Å². The zero-order chi connectivity index (χ0) is 13.1. The van der Waals surface area contributed by atoms with Crippen LogP contribution in [-0.2, 0) is 0 Å². The average Bonchev–Trinajstić information content (AvgIpc) is 3.16. The van der Waals surface area contributed by atoms with Crippen LogP contribution in [0.2, 0.25) is 0 Å². The summed E-state index contributed by atoms with van der Waals surface area (Å²) < 4.78 is 0. The molecule has 1 atom stereocenters. The van der Waals surface area contributed by atoms with E-state index < -0.39 is 6.10 Å². The molecule has 1 aromatic carbocycles. The van der Waals surface area contributed by atoms with Gasteiger partial charge in [0.05, 0.1) is 12.7 Å². The van der Waals surface area contributed by atoms with Gasteiger partial charge < -0.3 is 10.2 Å². The van der Waals surface area contributed by atoms with E-state index in [2.05, 4.69) is 30.9 Å². The summed E-state index contributed by atoms with van der Waals surface area (Å²) in [6.45, 7) is 5.59. The number of hydrogen-bond donors (Lipinski definition) is 2. The summed E-state index contributed by atoms with van der Waals surface area (Å²) in [5.41, 5.74) is 3.44. The molecule has 100 valence electrons. The second-order valence-electron chi connectivity index (χ2n) is 5.31. The predicted octanol–water partition coefficient (Wildman–Crippen LogP) is 1.79. The van der Waals surface area contributed by atoms with Crippen molar-refractivity contribution >= 4 is 0 Å². The third-order valence-corrected chi connectivity index (χ3v) is 3.77. The van der Waals surface area contributed by atoms with Crippen LogP contribution in [0.25, 0.3) is 0 Å². The molecule has 1 fully saturated rings. The molecule has 0 spiro atoms. The highest BCUT2D eigenvalue weighted by Gasteiger charge is 2.29. The molecule has 0 aliphatic heterocycles. The molecule has 18 heavy (non-hydrogen) atoms. The smallest absolute Gasteiger partial charge is 0.0917 e. The van der Waals surface area contributed by atoms with Crippen LogP contribution in [-0.4, -0.2) is 40.9 Å². The van der Waals surface area contributed by atoms with Crippen LogP contribution < -0.4 is 0 Å². The number of rotatable bonds is 6. The van der Waals surface area contributed by atoms with Crippen molar-refractivity contribution in [3.05, 3.63) is 34.9 Å². The van der Waals surface area contributed by atoms with E-state index in [0.29, 0.717) is 19.1 Å². The summed E-state index contributed by atoms with van der Waals surface area (Å²) >= 11 is 0. The van der Waals surface area contributed by atoms with Crippen molar-refractivity contribution in [2.24, 2.45) is 0 Å². The summed E-state index contributed by atoms with van der Waals surface area (Å²) in [4.78, 5) is 2.19. The van der Waals surface area contributed by atoms with Gasteiger partial charge in [0.25, 0.3) is 0 Å². The minimum absolute atomic E-state index is 0.163. The van der Waals surface area contributed by atoms with Gasteiger partial charge in [0.2, 0.25) is 0 Å². The van der Waals surface area contributed by atoms with E-state index in [4.69, 9.17) is 5.11 Å². The molecule has 3 nitrogen and oxygen atoms in total. The second-order valence-corrected chi connectivity index (χ2v) is 5.31. The predicted molar refractivity (Wildman–Crippen MR) is 72.6 cm³/mol. The van der Waals surface area contributed by atoms with Crippen LogP contribution in [0.3, 0.4) is 0 Å². The fraction of sp³-hybridized carbons (Fsp3) is 0.600. The molecule has 0 aromatic heterocycles. The lowest BCUT2D eigenvalue weighted by molar-refractivity contribution is 0.0952. The molecule has 1 unspecified atom stereocenters. The lowest BCUT2D eigenvalue weighted by Crippen LogP contribution is -2.33. The standard InChI is InChI=1S/C15H23NO2/c1-11-3-4-13(9-12(11)2)15(18)10-16(7-8-17)14-5-6-14/h3-4,9,14-15,17-18H,5-8,10H2,1-2H3. The molecule has 1 aliphatic rings. The first-order valence-corrected chi connectivity index (χ1v) is 6.72. The Labute approximate surface area is 109 Å². The summed E-state index contributed by atoms with van der Waals surface area (Å²) in [6, 6.07) is 6.68. The van der Waals surface area contributed by atoms with Gasteiger partial charge in [-0.15, -0.1) is 0 Å². The zero-order valence-corrected chi connectivity index (χ0v) is 11.3. The van der Waals surface area contributed by atoms with Crippen molar-refractivity contribution in [2.45, 2.75) is 38.8 Å². The summed E-state index contributed by atoms with van der Waals surface area (Å²) in [5, 5.41) is 19.3. The Hall–Kier alpha value is -0.900. The lowest BCUT2D eigenvalue weighted by atomic mass is 10.0. The Morgan fingerprint density at radius 3 is 2.56 bits per heavy atom. The zero-order valence-electron chi connectivity index (χ0n) is 11.3. The SMILES string of the molecule is Cc1ccc(C(O)CN(CCO)C2CC2)cc1C. The third kappa shape index (κ3) is 3.31. The molecule has 1 saturated carbocycles. The van der Waals surface area contributed by atoms with Crippen molar-refractivity contribution in [3.8, 4) is 0 Å². The van der Waals surface area contributed by atoms with Crippen molar-refractivity contribution in [1.82, 2.24) is 4.90 Å². The number of nitrogens with zero attached hydrogens (tertiary/aromatic N) is 1. The Kier molecular flexibility index (Phi) is 4.38. The van der Waals surface area contributed by atoms with E-state index >= 15 is 0 Å². The van der Waals surface area contributed by atoms with Crippen LogP contribution in [0, 0.1) is 13.8 Å². The highest BCUT2D eigenvalue weighted by molar-refractivity contribution is 5.31. The maximum atomic E-state index is 10.3. The molecule has 1 aliphatic carbocycles. The Morgan fingerprint density at radius 1 is 1.28 bits per heavy atom. The van der Waals surface area contributed by atoms with E-state index in [1.807, 2.05) is 6.07 Å². The normalized spacial score (nSPS) is 17.2. The van der Waals surface area contributed by atoms with Gasteiger partial charge in [-0.2, -0.15) is 0 Å². The minimum Gasteiger partial charge on any atom is -0.395 e. The fourth-order valence-corrected chi connectivity index (χ4v) is 2.29. The van der Waals surface area contributed by atoms with Gasteiger partial charge in [-0.1, -0.05) is 18.2 Å². The second kappa shape index (κ2) is 5.83. The Bertz CT molecular complexity index is 401. The van der Waals surface area contributed by atoms with E-state index in [0.717, 1.165) is 5.56 Å². The van der Waals surface area contributed by atoms with Gasteiger partial charge in [-0.25, -0.2) is 0 Å². The maximum Gasteiger partial charge on any atom is 0.0917 e. The molecule has 0 heterocycles. The molecule has 2 N–H and O–H groups in total. The first-order chi connectivity index (χ1) is 8.61. The molecule has 0 radical (unpaired) electrons. The number of aryl methyl sites for hydroxylation is 2. The monoisotopic (exact) mass is 249 g/mol. The van der Waals surface area contributed by atoms with Gasteiger partial charge in [0.1, 0.15) is 0 Å². The molecular weight excluding hydrogens is 226 g/mol. The summed E-state index contributed by atoms with van der Waals surface area (Å²) in [5.74, 6) is 0. The lowest BCUT2D eigenvalue weighted by Gasteiger charge is -2.24. The molecule has 0 saturated heterocycles. The quantitative estimate of drug-likeness (QED) is 0.808. The topological polar surface area (TPSA) is 43.7 Å². The maximum absolute atomic E-state index is 10.3. The van der Waals surface area contributed by atoms with E-state index in [1.165, 1.54) is 24.0 Å². The Morgan fingerprint density at radius 2 is 2.00 bits per heavy atom. The third-order valence-electron chi connectivity index (χ3n) is 3.77. The molecule has 1 aromatic rings. The highest BCUT2D eigenvalue weighted by atomic mass is 16.3. The fourth-order valence-electron chi connectivity index (χ4n) is 2.29. The molecular formula is C15H23NO2. The Balaban J connectivity index is 2.00. The number of hydrogen-bond acceptors (Lipinski definition) is 3. The average molecular weight is 249 g/mol. The summed E-state index contributed by atoms with van der Waals surface area (Å²) in [6.07, 6.45) is 1.93. The van der Waals surface area contributed by atoms with Crippen molar-refractivity contribution in [3.63, 3.8) is 0 Å². The van der Waals surface area contributed by atoms with Crippen LogP contribution in [0.5, 0.6) is 0 Å². The molecule has 2 rings (SSSR count). The van der Waals surface area contributed by atoms with E-state index in [9.17, 15) is 5.11 Å². The van der Waals surface area contributed by atoms with Crippen LogP contribution >= 0.6 is 0 Å². The number of aliphatic hydroxyl groups excluding tert-OH is 2. The van der Waals surface area contributed by atoms with Gasteiger partial charge in [-0.05, 0) is 43.4 Å². The van der Waals surface area contributed by atoms with Crippen LogP contribution in [0.1, 0.15) is 35.6 Å². The highest BCUT2D eigenvalue weighted by Crippen LogP contribution is 2.28. The summed E-state index contributed by atoms with van der Waals surface area (Å²) in [7, 11) is 0. The number of benzene rings is 1. The van der Waals surface area contributed by atoms with Gasteiger partial charge in [0, 0.05) is 19.1 Å². The molecule has 3 heteroatoms. The largest absolute Gasteiger partial charge is 0.395 e. The van der Waals surface area contributed by atoms with Crippen molar-refractivity contribution in [1.29, 1.82) is 0 Å². The molecule has 0 bridgehead atoms. The van der Waals surface area contributed by atoms with Crippen LogP contribution in [0.4, 0.5) is 0 Å². The van der Waals surface area contributed by atoms with Gasteiger partial charge in [-0.3, -0.25) is 4.90 Å². The van der Waals surface area contributed by atoms with E-state index in [-0.39, 0.29) is 6.61 Å². The van der Waals surface area contributed by atoms with Crippen molar-refractivity contribution in [2.75, 3.05) is 19.7 Å². The van der Waals surface area contributed by atoms with Crippen molar-refractivity contribution < 1.29 is 10.2 Å². The van der Waals surface area contributed by atoms with Gasteiger partial charge in [0.15, 0.2) is 0 Å². The van der Waals surface area contributed by atoms with Gasteiger partial charge >= 0.3 is 0 Å². The number of aliphatic hydroxyl groups is 2.